The maximum atomic E-state index is 13.0. The van der Waals surface area contributed by atoms with Crippen molar-refractivity contribution in [3.63, 3.8) is 0 Å². The summed E-state index contributed by atoms with van der Waals surface area (Å²) in [5, 5.41) is 0. The predicted octanol–water partition coefficient (Wildman–Crippen LogP) is 3.21. The highest BCUT2D eigenvalue weighted by atomic mass is 19.1. The summed E-state index contributed by atoms with van der Waals surface area (Å²) in [6, 6.07) is 4.21. The Kier molecular flexibility index (Phi) is 4.28. The number of carbonyl (C=O) groups excluding carboxylic acids is 1. The molecule has 82 valence electrons. The average Bonchev–Trinajstić information content (AvgIpc) is 2.26. The molecule has 0 aliphatic carbocycles. The molecule has 0 aliphatic heterocycles. The zero-order chi connectivity index (χ0) is 11.3. The summed E-state index contributed by atoms with van der Waals surface area (Å²) in [5.74, 6) is -0.281. The van der Waals surface area contributed by atoms with Crippen molar-refractivity contribution in [3.8, 4) is 5.75 Å². The van der Waals surface area contributed by atoms with E-state index < -0.39 is 5.82 Å². The highest BCUT2D eigenvalue weighted by Crippen LogP contribution is 2.19. The average molecular weight is 210 g/mol. The van der Waals surface area contributed by atoms with Crippen LogP contribution in [0.5, 0.6) is 5.75 Å². The zero-order valence-corrected chi connectivity index (χ0v) is 9.05. The SMILES string of the molecule is CCCCC(=O)c1ccc(F)c(OC)c1. The number of carbonyl (C=O) groups is 1. The van der Waals surface area contributed by atoms with Gasteiger partial charge in [-0.25, -0.2) is 4.39 Å². The summed E-state index contributed by atoms with van der Waals surface area (Å²) in [6.45, 7) is 2.03. The zero-order valence-electron chi connectivity index (χ0n) is 9.05. The van der Waals surface area contributed by atoms with E-state index in [1.807, 2.05) is 6.92 Å². The minimum Gasteiger partial charge on any atom is -0.494 e. The Balaban J connectivity index is 2.81. The molecule has 1 aromatic carbocycles. The normalized spacial score (nSPS) is 10.1. The molecule has 0 spiro atoms. The minimum atomic E-state index is -0.440. The van der Waals surface area contributed by atoms with Crippen LogP contribution < -0.4 is 4.74 Å². The molecule has 0 radical (unpaired) electrons. The lowest BCUT2D eigenvalue weighted by atomic mass is 10.1. The lowest BCUT2D eigenvalue weighted by Crippen LogP contribution is -2.00. The first-order valence-corrected chi connectivity index (χ1v) is 5.05. The second-order valence-electron chi connectivity index (χ2n) is 3.38. The van der Waals surface area contributed by atoms with E-state index in [1.54, 1.807) is 0 Å². The fourth-order valence-corrected chi connectivity index (χ4v) is 1.31. The van der Waals surface area contributed by atoms with Gasteiger partial charge in [0.1, 0.15) is 0 Å². The second-order valence-corrected chi connectivity index (χ2v) is 3.38. The molecule has 1 aromatic rings. The Morgan fingerprint density at radius 1 is 1.47 bits per heavy atom. The van der Waals surface area contributed by atoms with Crippen LogP contribution in [-0.2, 0) is 0 Å². The van der Waals surface area contributed by atoms with Crippen LogP contribution in [0.15, 0.2) is 18.2 Å². The van der Waals surface area contributed by atoms with Gasteiger partial charge in [0.05, 0.1) is 7.11 Å². The molecule has 15 heavy (non-hydrogen) atoms. The number of halogens is 1. The molecular weight excluding hydrogens is 195 g/mol. The number of hydrogen-bond donors (Lipinski definition) is 0. The van der Waals surface area contributed by atoms with Crippen molar-refractivity contribution in [2.75, 3.05) is 7.11 Å². The van der Waals surface area contributed by atoms with Crippen LogP contribution in [0, 0.1) is 5.82 Å². The summed E-state index contributed by atoms with van der Waals surface area (Å²) in [6.07, 6.45) is 2.34. The van der Waals surface area contributed by atoms with Crippen molar-refractivity contribution in [1.29, 1.82) is 0 Å². The third-order valence-corrected chi connectivity index (χ3v) is 2.23. The Morgan fingerprint density at radius 2 is 2.20 bits per heavy atom. The second kappa shape index (κ2) is 5.49. The summed E-state index contributed by atoms with van der Waals surface area (Å²) in [7, 11) is 1.39. The minimum absolute atomic E-state index is 0.0372. The van der Waals surface area contributed by atoms with Crippen LogP contribution in [0.1, 0.15) is 36.5 Å². The fraction of sp³-hybridized carbons (Fsp3) is 0.417. The van der Waals surface area contributed by atoms with Crippen LogP contribution in [-0.4, -0.2) is 12.9 Å². The van der Waals surface area contributed by atoms with E-state index in [1.165, 1.54) is 25.3 Å². The maximum absolute atomic E-state index is 13.0. The lowest BCUT2D eigenvalue weighted by Gasteiger charge is -2.04. The Bertz CT molecular complexity index is 347. The monoisotopic (exact) mass is 210 g/mol. The van der Waals surface area contributed by atoms with E-state index >= 15 is 0 Å². The molecule has 0 bridgehead atoms. The van der Waals surface area contributed by atoms with Gasteiger partial charge in [0.15, 0.2) is 17.3 Å². The summed E-state index contributed by atoms with van der Waals surface area (Å²) in [5.41, 5.74) is 0.515. The van der Waals surface area contributed by atoms with E-state index in [2.05, 4.69) is 0 Å². The van der Waals surface area contributed by atoms with Gasteiger partial charge in [-0.3, -0.25) is 4.79 Å². The number of benzene rings is 1. The van der Waals surface area contributed by atoms with E-state index in [0.29, 0.717) is 12.0 Å². The fourth-order valence-electron chi connectivity index (χ4n) is 1.31. The highest BCUT2D eigenvalue weighted by molar-refractivity contribution is 5.96. The van der Waals surface area contributed by atoms with Gasteiger partial charge < -0.3 is 4.74 Å². The number of rotatable bonds is 5. The molecule has 0 atom stereocenters. The first kappa shape index (κ1) is 11.7. The topological polar surface area (TPSA) is 26.3 Å². The van der Waals surface area contributed by atoms with Gasteiger partial charge >= 0.3 is 0 Å². The Morgan fingerprint density at radius 3 is 2.80 bits per heavy atom. The van der Waals surface area contributed by atoms with Gasteiger partial charge in [-0.2, -0.15) is 0 Å². The Labute approximate surface area is 89.1 Å². The molecule has 0 N–H and O–H groups in total. The van der Waals surface area contributed by atoms with Crippen molar-refractivity contribution in [2.45, 2.75) is 26.2 Å². The van der Waals surface area contributed by atoms with E-state index in [0.717, 1.165) is 12.8 Å². The number of hydrogen-bond acceptors (Lipinski definition) is 2. The van der Waals surface area contributed by atoms with Crippen molar-refractivity contribution in [3.05, 3.63) is 29.6 Å². The molecule has 0 fully saturated rings. The third-order valence-electron chi connectivity index (χ3n) is 2.23. The molecule has 0 amide bonds. The Hall–Kier alpha value is -1.38. The van der Waals surface area contributed by atoms with Crippen LogP contribution in [0.25, 0.3) is 0 Å². The first-order valence-electron chi connectivity index (χ1n) is 5.05. The predicted molar refractivity (Wildman–Crippen MR) is 56.8 cm³/mol. The molecule has 0 heterocycles. The molecule has 0 unspecified atom stereocenters. The molecule has 2 nitrogen and oxygen atoms in total. The van der Waals surface area contributed by atoms with Crippen LogP contribution in [0.2, 0.25) is 0 Å². The number of ether oxygens (including phenoxy) is 1. The van der Waals surface area contributed by atoms with Crippen LogP contribution >= 0.6 is 0 Å². The number of ketones is 1. The smallest absolute Gasteiger partial charge is 0.165 e. The van der Waals surface area contributed by atoms with Gasteiger partial charge in [-0.15, -0.1) is 0 Å². The van der Waals surface area contributed by atoms with Gasteiger partial charge in [-0.05, 0) is 24.6 Å². The number of methoxy groups -OCH3 is 1. The largest absolute Gasteiger partial charge is 0.494 e. The van der Waals surface area contributed by atoms with E-state index in [-0.39, 0.29) is 11.5 Å². The van der Waals surface area contributed by atoms with Gasteiger partial charge in [0.2, 0.25) is 0 Å². The number of Topliss-reactive ketones (excluding diaryl/α,β-unsaturated/α-hetero) is 1. The van der Waals surface area contributed by atoms with Gasteiger partial charge in [0.25, 0.3) is 0 Å². The molecule has 0 saturated carbocycles. The summed E-state index contributed by atoms with van der Waals surface area (Å²) < 4.78 is 17.9. The molecule has 1 rings (SSSR count). The molecule has 0 aromatic heterocycles. The molecule has 0 saturated heterocycles. The lowest BCUT2D eigenvalue weighted by molar-refractivity contribution is 0.0979. The highest BCUT2D eigenvalue weighted by Gasteiger charge is 2.09. The standard InChI is InChI=1S/C12H15FO2/c1-3-4-5-11(14)9-6-7-10(13)12(8-9)15-2/h6-8H,3-5H2,1-2H3. The molecular formula is C12H15FO2. The summed E-state index contributed by atoms with van der Waals surface area (Å²) >= 11 is 0. The van der Waals surface area contributed by atoms with Crippen molar-refractivity contribution >= 4 is 5.78 Å². The van der Waals surface area contributed by atoms with Crippen LogP contribution in [0.4, 0.5) is 4.39 Å². The first-order chi connectivity index (χ1) is 7.19. The summed E-state index contributed by atoms with van der Waals surface area (Å²) in [4.78, 5) is 11.6. The van der Waals surface area contributed by atoms with Gasteiger partial charge in [-0.1, -0.05) is 13.3 Å². The number of unbranched alkanes of at least 4 members (excludes halogenated alkanes) is 1. The van der Waals surface area contributed by atoms with Crippen molar-refractivity contribution < 1.29 is 13.9 Å². The van der Waals surface area contributed by atoms with Crippen molar-refractivity contribution in [1.82, 2.24) is 0 Å². The third kappa shape index (κ3) is 3.05. The quantitative estimate of drug-likeness (QED) is 0.697. The van der Waals surface area contributed by atoms with Gasteiger partial charge in [0, 0.05) is 12.0 Å². The molecule has 0 aliphatic rings. The van der Waals surface area contributed by atoms with Crippen LogP contribution in [0.3, 0.4) is 0 Å². The van der Waals surface area contributed by atoms with Crippen molar-refractivity contribution in [2.24, 2.45) is 0 Å². The molecule has 3 heteroatoms. The maximum Gasteiger partial charge on any atom is 0.165 e. The van der Waals surface area contributed by atoms with E-state index in [9.17, 15) is 9.18 Å². The van der Waals surface area contributed by atoms with E-state index in [4.69, 9.17) is 4.74 Å².